The molecule has 0 aromatic heterocycles. The van der Waals surface area contributed by atoms with Crippen LogP contribution in [0.25, 0.3) is 0 Å². The quantitative estimate of drug-likeness (QED) is 0.666. The minimum Gasteiger partial charge on any atom is -0.353 e. The Hall–Kier alpha value is -0.760. The van der Waals surface area contributed by atoms with Crippen LogP contribution in [-0.4, -0.2) is 66.4 Å². The summed E-state index contributed by atoms with van der Waals surface area (Å²) in [6, 6.07) is 0.857. The molecule has 164 valence electrons. The molecular weight excluding hydrogens is 369 g/mol. The Labute approximate surface area is 174 Å². The van der Waals surface area contributed by atoms with E-state index in [9.17, 15) is 9.18 Å². The number of carbonyl (C=O) groups excluding carboxylic acids is 1. The first-order valence-electron chi connectivity index (χ1n) is 12.0. The Morgan fingerprint density at radius 1 is 1.03 bits per heavy atom. The summed E-state index contributed by atoms with van der Waals surface area (Å²) in [5.74, 6) is 1.34. The predicted octanol–water partition coefficient (Wildman–Crippen LogP) is 1.83. The third-order valence-electron chi connectivity index (χ3n) is 8.71. The molecule has 3 saturated carbocycles. The number of fused-ring (bicyclic) bond motifs is 2. The van der Waals surface area contributed by atoms with Gasteiger partial charge in [0.1, 0.15) is 6.17 Å². The van der Waals surface area contributed by atoms with Crippen molar-refractivity contribution in [3.8, 4) is 0 Å². The molecular formula is C22H38FN5O. The fourth-order valence-corrected chi connectivity index (χ4v) is 6.95. The second-order valence-electron chi connectivity index (χ2n) is 10.4. The van der Waals surface area contributed by atoms with Crippen LogP contribution in [0, 0.1) is 23.7 Å². The maximum Gasteiger partial charge on any atom is 0.223 e. The summed E-state index contributed by atoms with van der Waals surface area (Å²) < 4.78 is 14.4. The van der Waals surface area contributed by atoms with E-state index >= 15 is 0 Å². The lowest BCUT2D eigenvalue weighted by Gasteiger charge is -2.43. The van der Waals surface area contributed by atoms with Crippen LogP contribution in [0.2, 0.25) is 0 Å². The number of hydrogen-bond acceptors (Lipinski definition) is 5. The molecule has 2 saturated heterocycles. The van der Waals surface area contributed by atoms with Gasteiger partial charge >= 0.3 is 0 Å². The van der Waals surface area contributed by atoms with Crippen LogP contribution < -0.4 is 16.2 Å². The topological polar surface area (TPSA) is 59.6 Å². The highest BCUT2D eigenvalue weighted by molar-refractivity contribution is 5.79. The van der Waals surface area contributed by atoms with Gasteiger partial charge in [0.2, 0.25) is 5.91 Å². The van der Waals surface area contributed by atoms with Gasteiger partial charge in [-0.05, 0) is 69.1 Å². The zero-order valence-electron chi connectivity index (χ0n) is 17.8. The summed E-state index contributed by atoms with van der Waals surface area (Å²) >= 11 is 0. The highest BCUT2D eigenvalue weighted by Gasteiger charge is 2.47. The molecule has 0 aromatic carbocycles. The Kier molecular flexibility index (Phi) is 5.84. The van der Waals surface area contributed by atoms with Crippen molar-refractivity contribution in [2.24, 2.45) is 23.7 Å². The highest BCUT2D eigenvalue weighted by atomic mass is 19.1. The summed E-state index contributed by atoms with van der Waals surface area (Å²) in [4.78, 5) is 18.1. The number of nitrogens with zero attached hydrogens (tertiary/aromatic N) is 2. The summed E-state index contributed by atoms with van der Waals surface area (Å²) in [6.07, 6.45) is 7.64. The molecule has 5 fully saturated rings. The molecule has 0 radical (unpaired) electrons. The fraction of sp³-hybridized carbons (Fsp3) is 0.955. The van der Waals surface area contributed by atoms with Gasteiger partial charge in [-0.2, -0.15) is 0 Å². The van der Waals surface area contributed by atoms with Gasteiger partial charge in [-0.3, -0.25) is 14.6 Å². The lowest BCUT2D eigenvalue weighted by molar-refractivity contribution is -0.126. The van der Waals surface area contributed by atoms with E-state index in [1.165, 1.54) is 12.8 Å². The lowest BCUT2D eigenvalue weighted by atomic mass is 9.74. The number of nitrogens with one attached hydrogen (secondary N) is 3. The number of piperazine rings is 1. The third kappa shape index (κ3) is 4.08. The van der Waals surface area contributed by atoms with E-state index in [0.717, 1.165) is 58.4 Å². The van der Waals surface area contributed by atoms with E-state index in [2.05, 4.69) is 32.9 Å². The number of carbonyl (C=O) groups is 1. The molecule has 0 aromatic rings. The normalized spacial score (nSPS) is 46.3. The number of alkyl halides is 1. The van der Waals surface area contributed by atoms with Crippen molar-refractivity contribution in [3.63, 3.8) is 0 Å². The molecule has 3 aliphatic carbocycles. The summed E-state index contributed by atoms with van der Waals surface area (Å²) in [7, 11) is 0. The van der Waals surface area contributed by atoms with Crippen LogP contribution in [0.5, 0.6) is 0 Å². The second-order valence-corrected chi connectivity index (χ2v) is 10.4. The molecule has 0 bridgehead atoms. The van der Waals surface area contributed by atoms with Crippen molar-refractivity contribution in [2.45, 2.75) is 82.7 Å². The molecule has 0 spiro atoms. The van der Waals surface area contributed by atoms with E-state index in [1.807, 2.05) is 0 Å². The zero-order valence-corrected chi connectivity index (χ0v) is 17.8. The molecule has 5 aliphatic rings. The Bertz CT molecular complexity index is 588. The van der Waals surface area contributed by atoms with Crippen molar-refractivity contribution >= 4 is 5.91 Å². The SMILES string of the molecule is CC1CCC(F)C2CC(C(=O)NC3CCCC(N4CCN5CNNC5C4)C3)CC12. The monoisotopic (exact) mass is 407 g/mol. The van der Waals surface area contributed by atoms with Gasteiger partial charge in [-0.15, -0.1) is 0 Å². The highest BCUT2D eigenvalue weighted by Crippen LogP contribution is 2.49. The minimum absolute atomic E-state index is 0.0292. The van der Waals surface area contributed by atoms with Gasteiger partial charge in [0.25, 0.3) is 0 Å². The minimum atomic E-state index is -0.689. The van der Waals surface area contributed by atoms with Gasteiger partial charge in [0, 0.05) is 37.6 Å². The first kappa shape index (κ1) is 20.2. The third-order valence-corrected chi connectivity index (χ3v) is 8.71. The number of hydrogen-bond donors (Lipinski definition) is 3. The van der Waals surface area contributed by atoms with Crippen molar-refractivity contribution in [1.82, 2.24) is 26.0 Å². The van der Waals surface area contributed by atoms with Crippen molar-refractivity contribution < 1.29 is 9.18 Å². The number of hydrazine groups is 1. The molecule has 7 heteroatoms. The lowest BCUT2D eigenvalue weighted by Crippen LogP contribution is -2.58. The van der Waals surface area contributed by atoms with Crippen LogP contribution in [-0.2, 0) is 4.79 Å². The zero-order chi connectivity index (χ0) is 20.0. The van der Waals surface area contributed by atoms with Gasteiger partial charge in [0.15, 0.2) is 0 Å². The number of halogens is 1. The number of amides is 1. The summed E-state index contributed by atoms with van der Waals surface area (Å²) in [6.45, 7) is 6.46. The standard InChI is InChI=1S/C22H38FN5O/c1-14-5-6-20(23)19-10-15(9-18(14)19)22(29)25-16-3-2-4-17(11-16)27-7-8-28-13-24-26-21(28)12-27/h14-21,24,26H,2-13H2,1H3,(H,25,29). The molecule has 1 amide bonds. The van der Waals surface area contributed by atoms with Gasteiger partial charge in [0.05, 0.1) is 12.8 Å². The summed E-state index contributed by atoms with van der Waals surface area (Å²) in [5.41, 5.74) is 6.62. The molecule has 8 unspecified atom stereocenters. The Morgan fingerprint density at radius 2 is 1.86 bits per heavy atom. The maximum atomic E-state index is 14.4. The molecule has 29 heavy (non-hydrogen) atoms. The number of rotatable bonds is 3. The van der Waals surface area contributed by atoms with Crippen LogP contribution in [0.3, 0.4) is 0 Å². The van der Waals surface area contributed by atoms with E-state index in [-0.39, 0.29) is 23.8 Å². The van der Waals surface area contributed by atoms with E-state index in [0.29, 0.717) is 30.5 Å². The van der Waals surface area contributed by atoms with Crippen LogP contribution in [0.1, 0.15) is 58.3 Å². The molecule has 2 heterocycles. The van der Waals surface area contributed by atoms with Crippen LogP contribution in [0.4, 0.5) is 4.39 Å². The average Bonchev–Trinajstić information content (AvgIpc) is 3.38. The van der Waals surface area contributed by atoms with Crippen molar-refractivity contribution in [1.29, 1.82) is 0 Å². The molecule has 2 aliphatic heterocycles. The molecule has 3 N–H and O–H groups in total. The molecule has 5 rings (SSSR count). The first-order valence-corrected chi connectivity index (χ1v) is 12.0. The van der Waals surface area contributed by atoms with Crippen LogP contribution in [0.15, 0.2) is 0 Å². The van der Waals surface area contributed by atoms with E-state index in [1.54, 1.807) is 0 Å². The van der Waals surface area contributed by atoms with Crippen molar-refractivity contribution in [2.75, 3.05) is 26.3 Å². The smallest absolute Gasteiger partial charge is 0.223 e. The Morgan fingerprint density at radius 3 is 2.72 bits per heavy atom. The van der Waals surface area contributed by atoms with Crippen molar-refractivity contribution in [3.05, 3.63) is 0 Å². The largest absolute Gasteiger partial charge is 0.353 e. The second kappa shape index (κ2) is 8.40. The van der Waals surface area contributed by atoms with E-state index in [4.69, 9.17) is 0 Å². The predicted molar refractivity (Wildman–Crippen MR) is 110 cm³/mol. The first-order chi connectivity index (χ1) is 14.1. The van der Waals surface area contributed by atoms with Gasteiger partial charge in [-0.1, -0.05) is 6.92 Å². The molecule has 8 atom stereocenters. The van der Waals surface area contributed by atoms with Crippen LogP contribution >= 0.6 is 0 Å². The summed E-state index contributed by atoms with van der Waals surface area (Å²) in [5, 5.41) is 3.39. The van der Waals surface area contributed by atoms with Gasteiger partial charge < -0.3 is 5.32 Å². The van der Waals surface area contributed by atoms with Gasteiger partial charge in [-0.25, -0.2) is 15.2 Å². The maximum absolute atomic E-state index is 14.4. The van der Waals surface area contributed by atoms with E-state index < -0.39 is 6.17 Å². The Balaban J connectivity index is 1.14. The fourth-order valence-electron chi connectivity index (χ4n) is 6.95. The average molecular weight is 408 g/mol. The molecule has 6 nitrogen and oxygen atoms in total.